The first kappa shape index (κ1) is 15.4. The summed E-state index contributed by atoms with van der Waals surface area (Å²) in [5, 5.41) is 6.06. The zero-order valence-electron chi connectivity index (χ0n) is 13.4. The van der Waals surface area contributed by atoms with Gasteiger partial charge < -0.3 is 15.4 Å². The number of halogens is 1. The monoisotopic (exact) mass is 332 g/mol. The number of para-hydroxylation sites is 1. The van der Waals surface area contributed by atoms with E-state index in [1.807, 2.05) is 0 Å². The van der Waals surface area contributed by atoms with Crippen molar-refractivity contribution in [3.8, 4) is 5.75 Å². The van der Waals surface area contributed by atoms with E-state index >= 15 is 0 Å². The third kappa shape index (κ3) is 2.97. The lowest BCUT2D eigenvalue weighted by atomic mass is 9.94. The standard InChI is InChI=1S/C18H21FN2O3/c19-12-3-1-2-4-14(12)24-18(9-10-18)17(23)20-13-7-8-15(22)21-16(13)11-5-6-11/h1-4,11,13,16H,5-10H2,(H,20,23)(H,21,22)/t13-,16+/m1/s1. The van der Waals surface area contributed by atoms with Crippen LogP contribution in [0.15, 0.2) is 24.3 Å². The van der Waals surface area contributed by atoms with E-state index in [1.165, 1.54) is 12.1 Å². The Morgan fingerprint density at radius 3 is 2.67 bits per heavy atom. The van der Waals surface area contributed by atoms with Gasteiger partial charge in [-0.1, -0.05) is 12.1 Å². The summed E-state index contributed by atoms with van der Waals surface area (Å²) in [4.78, 5) is 24.3. The fourth-order valence-electron chi connectivity index (χ4n) is 3.42. The molecule has 2 saturated carbocycles. The minimum absolute atomic E-state index is 0.0134. The minimum atomic E-state index is -0.961. The Bertz CT molecular complexity index is 670. The molecule has 128 valence electrons. The molecular formula is C18H21FN2O3. The van der Waals surface area contributed by atoms with Gasteiger partial charge in [0.1, 0.15) is 0 Å². The minimum Gasteiger partial charge on any atom is -0.474 e. The molecule has 2 aliphatic carbocycles. The molecule has 0 unspecified atom stereocenters. The Balaban J connectivity index is 1.43. The summed E-state index contributed by atoms with van der Waals surface area (Å²) in [5.41, 5.74) is -0.961. The Morgan fingerprint density at radius 1 is 1.25 bits per heavy atom. The summed E-state index contributed by atoms with van der Waals surface area (Å²) in [6.45, 7) is 0. The molecule has 2 N–H and O–H groups in total. The van der Waals surface area contributed by atoms with E-state index < -0.39 is 11.4 Å². The average molecular weight is 332 g/mol. The number of benzene rings is 1. The highest BCUT2D eigenvalue weighted by Gasteiger charge is 2.54. The van der Waals surface area contributed by atoms with Crippen LogP contribution in [-0.4, -0.2) is 29.5 Å². The van der Waals surface area contributed by atoms with Crippen LogP contribution in [0.5, 0.6) is 5.75 Å². The predicted octanol–water partition coefficient (Wildman–Crippen LogP) is 1.91. The van der Waals surface area contributed by atoms with Gasteiger partial charge >= 0.3 is 0 Å². The zero-order chi connectivity index (χ0) is 16.7. The van der Waals surface area contributed by atoms with Crippen LogP contribution in [0, 0.1) is 11.7 Å². The first-order valence-electron chi connectivity index (χ1n) is 8.61. The quantitative estimate of drug-likeness (QED) is 0.865. The van der Waals surface area contributed by atoms with Gasteiger partial charge in [0.05, 0.1) is 6.04 Å². The molecule has 1 aliphatic heterocycles. The van der Waals surface area contributed by atoms with Crippen LogP contribution in [0.25, 0.3) is 0 Å². The normalized spacial score (nSPS) is 28.0. The number of carbonyl (C=O) groups excluding carboxylic acids is 2. The second kappa shape index (κ2) is 5.76. The number of carbonyl (C=O) groups is 2. The highest BCUT2D eigenvalue weighted by Crippen LogP contribution is 2.42. The fraction of sp³-hybridized carbons (Fsp3) is 0.556. The third-order valence-corrected chi connectivity index (χ3v) is 5.15. The largest absolute Gasteiger partial charge is 0.474 e. The Hall–Kier alpha value is -2.11. The van der Waals surface area contributed by atoms with Crippen molar-refractivity contribution < 1.29 is 18.7 Å². The molecule has 2 atom stereocenters. The van der Waals surface area contributed by atoms with Crippen molar-refractivity contribution in [2.75, 3.05) is 0 Å². The average Bonchev–Trinajstić information content (AvgIpc) is 3.45. The van der Waals surface area contributed by atoms with Gasteiger partial charge in [0.15, 0.2) is 17.2 Å². The van der Waals surface area contributed by atoms with Crippen molar-refractivity contribution >= 4 is 11.8 Å². The Kier molecular flexibility index (Phi) is 3.70. The molecule has 3 fully saturated rings. The van der Waals surface area contributed by atoms with Crippen LogP contribution in [0.3, 0.4) is 0 Å². The van der Waals surface area contributed by atoms with Crippen LogP contribution < -0.4 is 15.4 Å². The van der Waals surface area contributed by atoms with Crippen molar-refractivity contribution in [1.82, 2.24) is 10.6 Å². The maximum Gasteiger partial charge on any atom is 0.264 e. The molecule has 0 aromatic heterocycles. The molecule has 0 spiro atoms. The summed E-state index contributed by atoms with van der Waals surface area (Å²) < 4.78 is 19.5. The van der Waals surface area contributed by atoms with Crippen LogP contribution in [0.2, 0.25) is 0 Å². The first-order valence-corrected chi connectivity index (χ1v) is 8.61. The van der Waals surface area contributed by atoms with Gasteiger partial charge in [-0.2, -0.15) is 0 Å². The number of ether oxygens (including phenoxy) is 1. The molecule has 5 nitrogen and oxygen atoms in total. The van der Waals surface area contributed by atoms with Gasteiger partial charge in [0.25, 0.3) is 5.91 Å². The number of piperidine rings is 1. The zero-order valence-corrected chi connectivity index (χ0v) is 13.4. The van der Waals surface area contributed by atoms with Crippen molar-refractivity contribution in [2.45, 2.75) is 56.2 Å². The summed E-state index contributed by atoms with van der Waals surface area (Å²) in [6.07, 6.45) is 4.42. The van der Waals surface area contributed by atoms with Crippen molar-refractivity contribution in [1.29, 1.82) is 0 Å². The summed E-state index contributed by atoms with van der Waals surface area (Å²) in [6, 6.07) is 6.09. The van der Waals surface area contributed by atoms with Gasteiger partial charge in [0, 0.05) is 25.3 Å². The van der Waals surface area contributed by atoms with Crippen LogP contribution in [0.1, 0.15) is 38.5 Å². The van der Waals surface area contributed by atoms with Gasteiger partial charge in [0.2, 0.25) is 5.91 Å². The van der Waals surface area contributed by atoms with Gasteiger partial charge in [-0.05, 0) is 37.3 Å². The number of hydrogen-bond acceptors (Lipinski definition) is 3. The summed E-state index contributed by atoms with van der Waals surface area (Å²) in [7, 11) is 0. The molecule has 4 rings (SSSR count). The lowest BCUT2D eigenvalue weighted by Crippen LogP contribution is -2.58. The third-order valence-electron chi connectivity index (χ3n) is 5.15. The Labute approximate surface area is 139 Å². The molecule has 0 bridgehead atoms. The van der Waals surface area contributed by atoms with Gasteiger partial charge in [-0.25, -0.2) is 4.39 Å². The lowest BCUT2D eigenvalue weighted by Gasteiger charge is -2.34. The first-order chi connectivity index (χ1) is 11.6. The molecule has 24 heavy (non-hydrogen) atoms. The molecule has 0 radical (unpaired) electrons. The molecule has 1 aromatic rings. The molecule has 3 aliphatic rings. The molecule has 2 amide bonds. The van der Waals surface area contributed by atoms with Crippen molar-refractivity contribution in [3.05, 3.63) is 30.1 Å². The summed E-state index contributed by atoms with van der Waals surface area (Å²) >= 11 is 0. The number of rotatable bonds is 5. The summed E-state index contributed by atoms with van der Waals surface area (Å²) in [5.74, 6) is -0.0286. The molecule has 1 heterocycles. The van der Waals surface area contributed by atoms with Crippen molar-refractivity contribution in [3.63, 3.8) is 0 Å². The van der Waals surface area contributed by atoms with Crippen LogP contribution in [-0.2, 0) is 9.59 Å². The van der Waals surface area contributed by atoms with E-state index in [-0.39, 0.29) is 29.6 Å². The van der Waals surface area contributed by atoms with E-state index in [4.69, 9.17) is 4.74 Å². The van der Waals surface area contributed by atoms with E-state index in [0.717, 1.165) is 12.8 Å². The molecular weight excluding hydrogens is 311 g/mol. The second-order valence-corrected chi connectivity index (χ2v) is 7.08. The predicted molar refractivity (Wildman–Crippen MR) is 84.8 cm³/mol. The maximum absolute atomic E-state index is 13.8. The van der Waals surface area contributed by atoms with E-state index in [9.17, 15) is 14.0 Å². The van der Waals surface area contributed by atoms with Gasteiger partial charge in [-0.15, -0.1) is 0 Å². The molecule has 1 aromatic carbocycles. The van der Waals surface area contributed by atoms with Gasteiger partial charge in [-0.3, -0.25) is 9.59 Å². The van der Waals surface area contributed by atoms with Crippen LogP contribution >= 0.6 is 0 Å². The number of hydrogen-bond donors (Lipinski definition) is 2. The smallest absolute Gasteiger partial charge is 0.264 e. The maximum atomic E-state index is 13.8. The van der Waals surface area contributed by atoms with Crippen LogP contribution in [0.4, 0.5) is 4.39 Å². The Morgan fingerprint density at radius 2 is 2.00 bits per heavy atom. The highest BCUT2D eigenvalue weighted by atomic mass is 19.1. The van der Waals surface area contributed by atoms with Crippen molar-refractivity contribution in [2.24, 2.45) is 5.92 Å². The van der Waals surface area contributed by atoms with E-state index in [1.54, 1.807) is 12.1 Å². The SMILES string of the molecule is O=C1CC[C@@H](NC(=O)C2(Oc3ccccc3F)CC2)[C@H](C2CC2)N1. The van der Waals surface area contributed by atoms with E-state index in [0.29, 0.717) is 31.6 Å². The molecule has 6 heteroatoms. The highest BCUT2D eigenvalue weighted by molar-refractivity contribution is 5.89. The lowest BCUT2D eigenvalue weighted by molar-refractivity contribution is -0.133. The van der Waals surface area contributed by atoms with E-state index in [2.05, 4.69) is 10.6 Å². The topological polar surface area (TPSA) is 67.4 Å². The second-order valence-electron chi connectivity index (χ2n) is 7.08. The number of amides is 2. The number of nitrogens with one attached hydrogen (secondary N) is 2. The fourth-order valence-corrected chi connectivity index (χ4v) is 3.42. The molecule has 1 saturated heterocycles.